The summed E-state index contributed by atoms with van der Waals surface area (Å²) in [6.07, 6.45) is 7.65. The van der Waals surface area contributed by atoms with Gasteiger partial charge in [-0.1, -0.05) is 19.8 Å². The van der Waals surface area contributed by atoms with Crippen LogP contribution in [0.25, 0.3) is 0 Å². The Morgan fingerprint density at radius 2 is 2.36 bits per heavy atom. The van der Waals surface area contributed by atoms with Crippen LogP contribution in [0.2, 0.25) is 0 Å². The number of ether oxygens (including phenoxy) is 2. The van der Waals surface area contributed by atoms with E-state index in [1.165, 1.54) is 0 Å². The third-order valence-corrected chi connectivity index (χ3v) is 3.91. The first-order valence-electron chi connectivity index (χ1n) is 8.26. The van der Waals surface area contributed by atoms with Gasteiger partial charge in [0.05, 0.1) is 6.04 Å². The quantitative estimate of drug-likeness (QED) is 0.709. The number of carbonyl (C=O) groups excluding carboxylic acids is 1. The summed E-state index contributed by atoms with van der Waals surface area (Å²) in [4.78, 5) is 16.4. The normalized spacial score (nSPS) is 21.2. The Morgan fingerprint density at radius 3 is 3.14 bits per heavy atom. The molecule has 1 amide bonds. The second kappa shape index (κ2) is 8.90. The van der Waals surface area contributed by atoms with Crippen LogP contribution in [0.4, 0.5) is 0 Å². The number of hydrogen-bond acceptors (Lipinski definition) is 4. The molecule has 0 saturated carbocycles. The zero-order valence-electron chi connectivity index (χ0n) is 13.6. The van der Waals surface area contributed by atoms with E-state index >= 15 is 0 Å². The lowest BCUT2D eigenvalue weighted by molar-refractivity contribution is -0.126. The molecule has 1 fully saturated rings. The van der Waals surface area contributed by atoms with E-state index in [9.17, 15) is 4.79 Å². The van der Waals surface area contributed by atoms with Gasteiger partial charge in [-0.25, -0.2) is 4.98 Å². The molecule has 124 valence electrons. The summed E-state index contributed by atoms with van der Waals surface area (Å²) in [5.74, 6) is 0.806. The third kappa shape index (κ3) is 4.55. The molecule has 0 unspecified atom stereocenters. The van der Waals surface area contributed by atoms with Crippen molar-refractivity contribution in [2.24, 2.45) is 0 Å². The van der Waals surface area contributed by atoms with Crippen molar-refractivity contribution in [2.45, 2.75) is 58.2 Å². The highest BCUT2D eigenvalue weighted by atomic mass is 16.5. The lowest BCUT2D eigenvalue weighted by atomic mass is 10.1. The molecule has 22 heavy (non-hydrogen) atoms. The lowest BCUT2D eigenvalue weighted by Crippen LogP contribution is -2.39. The van der Waals surface area contributed by atoms with Crippen LogP contribution >= 0.6 is 0 Å². The fourth-order valence-electron chi connectivity index (χ4n) is 2.70. The number of nitrogens with one attached hydrogen (secondary N) is 1. The minimum absolute atomic E-state index is 0.0283. The Kier molecular flexibility index (Phi) is 6.86. The number of aromatic nitrogens is 2. The van der Waals surface area contributed by atoms with Crippen molar-refractivity contribution in [1.82, 2.24) is 14.9 Å². The van der Waals surface area contributed by atoms with Gasteiger partial charge in [-0.05, 0) is 19.8 Å². The van der Waals surface area contributed by atoms with Crippen LogP contribution in [-0.2, 0) is 20.8 Å². The van der Waals surface area contributed by atoms with Gasteiger partial charge in [-0.3, -0.25) is 4.79 Å². The molecular formula is C16H27N3O3. The first-order chi connectivity index (χ1) is 10.8. The summed E-state index contributed by atoms with van der Waals surface area (Å²) in [6.45, 7) is 6.46. The molecule has 0 bridgehead atoms. The summed E-state index contributed by atoms with van der Waals surface area (Å²) in [6, 6.07) is -0.0283. The van der Waals surface area contributed by atoms with Gasteiger partial charge in [-0.2, -0.15) is 0 Å². The van der Waals surface area contributed by atoms with Crippen LogP contribution in [0.1, 0.15) is 51.5 Å². The predicted octanol–water partition coefficient (Wildman–Crippen LogP) is 2.06. The smallest absolute Gasteiger partial charge is 0.246 e. The summed E-state index contributed by atoms with van der Waals surface area (Å²) in [5, 5.41) is 3.02. The van der Waals surface area contributed by atoms with Crippen LogP contribution in [0.3, 0.4) is 0 Å². The first kappa shape index (κ1) is 17.0. The van der Waals surface area contributed by atoms with Crippen molar-refractivity contribution in [3.8, 4) is 0 Å². The van der Waals surface area contributed by atoms with Gasteiger partial charge in [0.2, 0.25) is 5.91 Å². The highest BCUT2D eigenvalue weighted by molar-refractivity contribution is 5.77. The SMILES string of the molecule is CCCCCOCC(=O)N[C@@H]1CCO[C@H]1c1nccn1CC. The molecule has 1 aliphatic rings. The van der Waals surface area contributed by atoms with Crippen molar-refractivity contribution in [3.05, 3.63) is 18.2 Å². The summed E-state index contributed by atoms with van der Waals surface area (Å²) >= 11 is 0. The van der Waals surface area contributed by atoms with Gasteiger partial charge in [0.15, 0.2) is 0 Å². The Balaban J connectivity index is 1.80. The highest BCUT2D eigenvalue weighted by Crippen LogP contribution is 2.28. The Hall–Kier alpha value is -1.40. The standard InChI is InChI=1S/C16H27N3O3/c1-3-5-6-10-21-12-14(20)18-13-7-11-22-15(13)16-17-8-9-19(16)4-2/h8-9,13,15H,3-7,10-12H2,1-2H3,(H,18,20)/t13-,15-/m1/s1. The van der Waals surface area contributed by atoms with Crippen LogP contribution in [0.15, 0.2) is 12.4 Å². The Morgan fingerprint density at radius 1 is 1.50 bits per heavy atom. The maximum absolute atomic E-state index is 12.0. The molecule has 1 saturated heterocycles. The molecule has 0 aromatic carbocycles. The first-order valence-corrected chi connectivity index (χ1v) is 8.26. The molecule has 2 atom stereocenters. The summed E-state index contributed by atoms with van der Waals surface area (Å²) in [7, 11) is 0. The fraction of sp³-hybridized carbons (Fsp3) is 0.750. The van der Waals surface area contributed by atoms with Gasteiger partial charge in [0, 0.05) is 32.2 Å². The fourth-order valence-corrected chi connectivity index (χ4v) is 2.70. The van der Waals surface area contributed by atoms with E-state index in [2.05, 4.69) is 28.7 Å². The molecule has 0 radical (unpaired) electrons. The predicted molar refractivity (Wildman–Crippen MR) is 83.5 cm³/mol. The van der Waals surface area contributed by atoms with Gasteiger partial charge < -0.3 is 19.4 Å². The molecule has 2 rings (SSSR count). The van der Waals surface area contributed by atoms with Crippen molar-refractivity contribution in [3.63, 3.8) is 0 Å². The molecule has 1 aromatic heterocycles. The third-order valence-electron chi connectivity index (χ3n) is 3.91. The van der Waals surface area contributed by atoms with Gasteiger partial charge >= 0.3 is 0 Å². The van der Waals surface area contributed by atoms with Crippen LogP contribution in [0.5, 0.6) is 0 Å². The van der Waals surface area contributed by atoms with Crippen LogP contribution < -0.4 is 5.32 Å². The van der Waals surface area contributed by atoms with Crippen LogP contribution in [0, 0.1) is 0 Å². The van der Waals surface area contributed by atoms with Gasteiger partial charge in [0.1, 0.15) is 18.5 Å². The zero-order chi connectivity index (χ0) is 15.8. The number of hydrogen-bond donors (Lipinski definition) is 1. The van der Waals surface area contributed by atoms with Crippen molar-refractivity contribution in [2.75, 3.05) is 19.8 Å². The number of unbranched alkanes of at least 4 members (excludes halogenated alkanes) is 2. The topological polar surface area (TPSA) is 65.4 Å². The highest BCUT2D eigenvalue weighted by Gasteiger charge is 2.33. The molecule has 0 spiro atoms. The summed E-state index contributed by atoms with van der Waals surface area (Å²) < 4.78 is 13.2. The van der Waals surface area contributed by atoms with E-state index in [1.54, 1.807) is 6.20 Å². The lowest BCUT2D eigenvalue weighted by Gasteiger charge is -2.20. The molecule has 1 N–H and O–H groups in total. The van der Waals surface area contributed by atoms with Gasteiger partial charge in [0.25, 0.3) is 0 Å². The average Bonchev–Trinajstić information content (AvgIpc) is 3.15. The van der Waals surface area contributed by atoms with E-state index in [4.69, 9.17) is 9.47 Å². The second-order valence-electron chi connectivity index (χ2n) is 5.59. The molecular weight excluding hydrogens is 282 g/mol. The number of amides is 1. The largest absolute Gasteiger partial charge is 0.372 e. The Bertz CT molecular complexity index is 461. The average molecular weight is 309 g/mol. The molecule has 2 heterocycles. The van der Waals surface area contributed by atoms with Crippen molar-refractivity contribution in [1.29, 1.82) is 0 Å². The second-order valence-corrected chi connectivity index (χ2v) is 5.59. The van der Waals surface area contributed by atoms with Gasteiger partial charge in [-0.15, -0.1) is 0 Å². The molecule has 6 nitrogen and oxygen atoms in total. The van der Waals surface area contributed by atoms with Crippen molar-refractivity contribution >= 4 is 5.91 Å². The monoisotopic (exact) mass is 309 g/mol. The Labute approximate surface area is 132 Å². The number of rotatable bonds is 9. The number of imidazole rings is 1. The molecule has 1 aromatic rings. The van der Waals surface area contributed by atoms with E-state index in [0.29, 0.717) is 13.2 Å². The molecule has 1 aliphatic heterocycles. The number of carbonyl (C=O) groups is 1. The van der Waals surface area contributed by atoms with E-state index in [1.807, 2.05) is 6.20 Å². The van der Waals surface area contributed by atoms with Crippen LogP contribution in [-0.4, -0.2) is 41.3 Å². The zero-order valence-corrected chi connectivity index (χ0v) is 13.6. The minimum atomic E-state index is -0.168. The van der Waals surface area contributed by atoms with E-state index in [0.717, 1.165) is 38.1 Å². The summed E-state index contributed by atoms with van der Waals surface area (Å²) in [5.41, 5.74) is 0. The molecule has 0 aliphatic carbocycles. The van der Waals surface area contributed by atoms with E-state index in [-0.39, 0.29) is 24.7 Å². The number of nitrogens with zero attached hydrogens (tertiary/aromatic N) is 2. The number of aryl methyl sites for hydroxylation is 1. The maximum atomic E-state index is 12.0. The minimum Gasteiger partial charge on any atom is -0.372 e. The molecule has 6 heteroatoms. The van der Waals surface area contributed by atoms with Crippen molar-refractivity contribution < 1.29 is 14.3 Å². The maximum Gasteiger partial charge on any atom is 0.246 e. The van der Waals surface area contributed by atoms with E-state index < -0.39 is 0 Å².